The SMILES string of the molecule is CC(CC1CCCN1)N[C@@H](C)c1ccccc1Cl. The van der Waals surface area contributed by atoms with Crippen LogP contribution in [-0.4, -0.2) is 18.6 Å². The highest BCUT2D eigenvalue weighted by Crippen LogP contribution is 2.23. The summed E-state index contributed by atoms with van der Waals surface area (Å²) < 4.78 is 0. The van der Waals surface area contributed by atoms with Crippen molar-refractivity contribution in [2.75, 3.05) is 6.54 Å². The van der Waals surface area contributed by atoms with Crippen molar-refractivity contribution in [3.63, 3.8) is 0 Å². The number of benzene rings is 1. The van der Waals surface area contributed by atoms with Crippen LogP contribution in [0.5, 0.6) is 0 Å². The zero-order valence-electron chi connectivity index (χ0n) is 11.2. The molecule has 1 fully saturated rings. The Morgan fingerprint density at radius 2 is 2.17 bits per heavy atom. The smallest absolute Gasteiger partial charge is 0.0453 e. The van der Waals surface area contributed by atoms with Gasteiger partial charge in [0.15, 0.2) is 0 Å². The molecule has 0 radical (unpaired) electrons. The maximum atomic E-state index is 6.22. The summed E-state index contributed by atoms with van der Waals surface area (Å²) in [5.41, 5.74) is 1.19. The van der Waals surface area contributed by atoms with E-state index in [4.69, 9.17) is 11.6 Å². The highest BCUT2D eigenvalue weighted by atomic mass is 35.5. The van der Waals surface area contributed by atoms with Crippen molar-refractivity contribution < 1.29 is 0 Å². The lowest BCUT2D eigenvalue weighted by atomic mass is 10.0. The van der Waals surface area contributed by atoms with Crippen LogP contribution >= 0.6 is 11.6 Å². The first-order valence-electron chi connectivity index (χ1n) is 6.90. The molecule has 18 heavy (non-hydrogen) atoms. The van der Waals surface area contributed by atoms with Gasteiger partial charge < -0.3 is 10.6 Å². The first-order valence-corrected chi connectivity index (χ1v) is 7.28. The van der Waals surface area contributed by atoms with E-state index in [2.05, 4.69) is 30.5 Å². The minimum absolute atomic E-state index is 0.301. The first kappa shape index (κ1) is 13.9. The molecule has 1 aliphatic heterocycles. The highest BCUT2D eigenvalue weighted by molar-refractivity contribution is 6.31. The van der Waals surface area contributed by atoms with E-state index in [0.29, 0.717) is 18.1 Å². The molecule has 0 amide bonds. The van der Waals surface area contributed by atoms with E-state index in [1.54, 1.807) is 0 Å². The normalized spacial score (nSPS) is 22.9. The molecule has 0 spiro atoms. The Morgan fingerprint density at radius 3 is 2.83 bits per heavy atom. The van der Waals surface area contributed by atoms with Gasteiger partial charge in [-0.2, -0.15) is 0 Å². The van der Waals surface area contributed by atoms with Gasteiger partial charge in [-0.15, -0.1) is 0 Å². The van der Waals surface area contributed by atoms with E-state index in [1.807, 2.05) is 18.2 Å². The minimum Gasteiger partial charge on any atom is -0.314 e. The van der Waals surface area contributed by atoms with Gasteiger partial charge >= 0.3 is 0 Å². The molecule has 3 heteroatoms. The maximum absolute atomic E-state index is 6.22. The van der Waals surface area contributed by atoms with Crippen LogP contribution in [0.3, 0.4) is 0 Å². The fraction of sp³-hybridized carbons (Fsp3) is 0.600. The summed E-state index contributed by atoms with van der Waals surface area (Å²) in [7, 11) is 0. The van der Waals surface area contributed by atoms with E-state index >= 15 is 0 Å². The summed E-state index contributed by atoms with van der Waals surface area (Å²) in [6.07, 6.45) is 3.82. The van der Waals surface area contributed by atoms with Gasteiger partial charge in [-0.3, -0.25) is 0 Å². The number of rotatable bonds is 5. The van der Waals surface area contributed by atoms with Crippen LogP contribution in [0.1, 0.15) is 44.7 Å². The molecule has 1 heterocycles. The van der Waals surface area contributed by atoms with E-state index < -0.39 is 0 Å². The van der Waals surface area contributed by atoms with Gasteiger partial charge in [-0.1, -0.05) is 29.8 Å². The Morgan fingerprint density at radius 1 is 1.39 bits per heavy atom. The highest BCUT2D eigenvalue weighted by Gasteiger charge is 2.18. The van der Waals surface area contributed by atoms with Crippen LogP contribution in [0.25, 0.3) is 0 Å². The molecule has 2 unspecified atom stereocenters. The zero-order valence-corrected chi connectivity index (χ0v) is 12.0. The van der Waals surface area contributed by atoms with Gasteiger partial charge in [0.05, 0.1) is 0 Å². The van der Waals surface area contributed by atoms with Crippen LogP contribution in [0.4, 0.5) is 0 Å². The monoisotopic (exact) mass is 266 g/mol. The van der Waals surface area contributed by atoms with Crippen molar-refractivity contribution in [3.8, 4) is 0 Å². The minimum atomic E-state index is 0.301. The Hall–Kier alpha value is -0.570. The van der Waals surface area contributed by atoms with Crippen molar-refractivity contribution in [2.24, 2.45) is 0 Å². The summed E-state index contributed by atoms with van der Waals surface area (Å²) in [6, 6.07) is 9.57. The molecular formula is C15H23ClN2. The topological polar surface area (TPSA) is 24.1 Å². The largest absolute Gasteiger partial charge is 0.314 e. The van der Waals surface area contributed by atoms with Crippen LogP contribution in [0, 0.1) is 0 Å². The summed E-state index contributed by atoms with van der Waals surface area (Å²) in [5.74, 6) is 0. The third kappa shape index (κ3) is 3.71. The molecule has 0 saturated carbocycles. The fourth-order valence-electron chi connectivity index (χ4n) is 2.80. The Kier molecular flexibility index (Phi) is 5.04. The van der Waals surface area contributed by atoms with Crippen LogP contribution in [0.2, 0.25) is 5.02 Å². The molecule has 1 aliphatic rings. The summed E-state index contributed by atoms with van der Waals surface area (Å²) in [6.45, 7) is 5.62. The maximum Gasteiger partial charge on any atom is 0.0453 e. The summed E-state index contributed by atoms with van der Waals surface area (Å²) in [4.78, 5) is 0. The number of nitrogens with one attached hydrogen (secondary N) is 2. The number of hydrogen-bond donors (Lipinski definition) is 2. The molecule has 1 aromatic carbocycles. The second-order valence-electron chi connectivity index (χ2n) is 5.34. The average molecular weight is 267 g/mol. The van der Waals surface area contributed by atoms with Crippen molar-refractivity contribution >= 4 is 11.6 Å². The molecule has 3 atom stereocenters. The molecule has 2 rings (SSSR count). The van der Waals surface area contributed by atoms with Crippen LogP contribution in [-0.2, 0) is 0 Å². The summed E-state index contributed by atoms with van der Waals surface area (Å²) in [5, 5.41) is 8.04. The average Bonchev–Trinajstić information content (AvgIpc) is 2.82. The predicted octanol–water partition coefficient (Wildman–Crippen LogP) is 3.52. The molecule has 2 nitrogen and oxygen atoms in total. The second-order valence-corrected chi connectivity index (χ2v) is 5.75. The lowest BCUT2D eigenvalue weighted by molar-refractivity contribution is 0.407. The molecule has 100 valence electrons. The van der Waals surface area contributed by atoms with Crippen molar-refractivity contribution in [1.29, 1.82) is 0 Å². The number of halogens is 1. The number of hydrogen-bond acceptors (Lipinski definition) is 2. The zero-order chi connectivity index (χ0) is 13.0. The molecular weight excluding hydrogens is 244 g/mol. The van der Waals surface area contributed by atoms with E-state index in [-0.39, 0.29) is 0 Å². The van der Waals surface area contributed by atoms with E-state index in [9.17, 15) is 0 Å². The molecule has 1 saturated heterocycles. The van der Waals surface area contributed by atoms with Crippen LogP contribution in [0.15, 0.2) is 24.3 Å². The van der Waals surface area contributed by atoms with Crippen molar-refractivity contribution in [2.45, 2.75) is 51.2 Å². The van der Waals surface area contributed by atoms with Gasteiger partial charge in [0, 0.05) is 23.1 Å². The fourth-order valence-corrected chi connectivity index (χ4v) is 3.09. The van der Waals surface area contributed by atoms with Gasteiger partial charge in [0.2, 0.25) is 0 Å². The molecule has 0 aliphatic carbocycles. The third-order valence-electron chi connectivity index (χ3n) is 3.71. The van der Waals surface area contributed by atoms with E-state index in [0.717, 1.165) is 5.02 Å². The van der Waals surface area contributed by atoms with Crippen molar-refractivity contribution in [1.82, 2.24) is 10.6 Å². The molecule has 2 N–H and O–H groups in total. The van der Waals surface area contributed by atoms with Crippen molar-refractivity contribution in [3.05, 3.63) is 34.9 Å². The van der Waals surface area contributed by atoms with Gasteiger partial charge in [-0.05, 0) is 51.3 Å². The Balaban J connectivity index is 1.86. The van der Waals surface area contributed by atoms with Gasteiger partial charge in [0.25, 0.3) is 0 Å². The van der Waals surface area contributed by atoms with E-state index in [1.165, 1.54) is 31.4 Å². The first-order chi connectivity index (χ1) is 8.66. The van der Waals surface area contributed by atoms with Gasteiger partial charge in [-0.25, -0.2) is 0 Å². The molecule has 0 bridgehead atoms. The predicted molar refractivity (Wildman–Crippen MR) is 78.1 cm³/mol. The Bertz CT molecular complexity index is 375. The van der Waals surface area contributed by atoms with Gasteiger partial charge in [0.1, 0.15) is 0 Å². The quantitative estimate of drug-likeness (QED) is 0.852. The van der Waals surface area contributed by atoms with Crippen LogP contribution < -0.4 is 10.6 Å². The summed E-state index contributed by atoms with van der Waals surface area (Å²) >= 11 is 6.22. The Labute approximate surface area is 115 Å². The lowest BCUT2D eigenvalue weighted by Crippen LogP contribution is -2.35. The lowest BCUT2D eigenvalue weighted by Gasteiger charge is -2.23. The molecule has 1 aromatic rings. The third-order valence-corrected chi connectivity index (χ3v) is 4.05. The second kappa shape index (κ2) is 6.55. The molecule has 0 aromatic heterocycles. The standard InChI is InChI=1S/C15H23ClN2/c1-11(10-13-6-5-9-17-13)18-12(2)14-7-3-4-8-15(14)16/h3-4,7-8,11-13,17-18H,5-6,9-10H2,1-2H3/t11?,12-,13?/m0/s1.